The number of aliphatic hydroxyl groups is 3. The van der Waals surface area contributed by atoms with Crippen LogP contribution in [0.1, 0.15) is 71.1 Å². The number of carbonyl (C=O) groups is 1. The Hall–Kier alpha value is -0.690. The van der Waals surface area contributed by atoms with Crippen LogP contribution in [0, 0.1) is 0 Å². The molecule has 0 amide bonds. The van der Waals surface area contributed by atoms with Gasteiger partial charge in [0, 0.05) is 6.42 Å². The molecule has 3 N–H and O–H groups in total. The lowest BCUT2D eigenvalue weighted by Gasteiger charge is -2.20. The number of carbonyl (C=O) groups excluding carboxylic acids is 1. The van der Waals surface area contributed by atoms with Gasteiger partial charge in [0.2, 0.25) is 0 Å². The molecule has 6 nitrogen and oxygen atoms in total. The fourth-order valence-corrected chi connectivity index (χ4v) is 2.89. The van der Waals surface area contributed by atoms with Crippen molar-refractivity contribution >= 4 is 5.97 Å². The summed E-state index contributed by atoms with van der Waals surface area (Å²) in [6.07, 6.45) is 6.84. The van der Waals surface area contributed by atoms with E-state index in [0.717, 1.165) is 19.3 Å². The Balaban J connectivity index is 1.96. The first-order valence-electron chi connectivity index (χ1n) is 9.37. The molecule has 0 aromatic carbocycles. The minimum atomic E-state index is -1.14. The van der Waals surface area contributed by atoms with E-state index in [-0.39, 0.29) is 19.2 Å². The summed E-state index contributed by atoms with van der Waals surface area (Å²) in [5, 5.41) is 28.8. The van der Waals surface area contributed by atoms with Crippen molar-refractivity contribution in [1.82, 2.24) is 0 Å². The monoisotopic (exact) mass is 346 g/mol. The second-order valence-electron chi connectivity index (χ2n) is 6.68. The van der Waals surface area contributed by atoms with Gasteiger partial charge in [-0.15, -0.1) is 0 Å². The van der Waals surface area contributed by atoms with Crippen molar-refractivity contribution in [3.63, 3.8) is 0 Å². The molecule has 6 heteroatoms. The molecule has 0 radical (unpaired) electrons. The lowest BCUT2D eigenvalue weighted by atomic mass is 10.1. The molecule has 0 spiro atoms. The van der Waals surface area contributed by atoms with Crippen LogP contribution in [0.5, 0.6) is 0 Å². The molecule has 1 aliphatic rings. The number of rotatable bonds is 13. The van der Waals surface area contributed by atoms with E-state index in [9.17, 15) is 20.1 Å². The Kier molecular flexibility index (Phi) is 11.2. The van der Waals surface area contributed by atoms with Gasteiger partial charge in [-0.05, 0) is 6.42 Å². The van der Waals surface area contributed by atoms with E-state index in [0.29, 0.717) is 6.42 Å². The summed E-state index contributed by atoms with van der Waals surface area (Å²) in [5.74, 6) is -0.343. The third-order valence-corrected chi connectivity index (χ3v) is 4.47. The fourth-order valence-electron chi connectivity index (χ4n) is 2.89. The van der Waals surface area contributed by atoms with Crippen molar-refractivity contribution < 1.29 is 29.6 Å². The van der Waals surface area contributed by atoms with Gasteiger partial charge >= 0.3 is 5.97 Å². The van der Waals surface area contributed by atoms with Crippen molar-refractivity contribution in [2.75, 3.05) is 13.2 Å². The van der Waals surface area contributed by atoms with Gasteiger partial charge in [0.25, 0.3) is 0 Å². The van der Waals surface area contributed by atoms with Crippen molar-refractivity contribution in [1.29, 1.82) is 0 Å². The van der Waals surface area contributed by atoms with Gasteiger partial charge in [-0.25, -0.2) is 0 Å². The average molecular weight is 346 g/mol. The molecule has 0 bridgehead atoms. The van der Waals surface area contributed by atoms with Gasteiger partial charge in [-0.2, -0.15) is 0 Å². The first-order valence-corrected chi connectivity index (χ1v) is 9.37. The summed E-state index contributed by atoms with van der Waals surface area (Å²) in [5.41, 5.74) is 0. The van der Waals surface area contributed by atoms with E-state index in [1.54, 1.807) is 0 Å². The summed E-state index contributed by atoms with van der Waals surface area (Å²) in [7, 11) is 0. The molecule has 4 atom stereocenters. The molecule has 1 heterocycles. The third kappa shape index (κ3) is 8.42. The van der Waals surface area contributed by atoms with Crippen LogP contribution < -0.4 is 0 Å². The molecule has 1 rings (SSSR count). The van der Waals surface area contributed by atoms with Crippen LogP contribution in [0.25, 0.3) is 0 Å². The SMILES string of the molecule is CCCCCCCCCCCC(=O)OCC(O)C1OCC(O)C1O. The maximum Gasteiger partial charge on any atom is 0.305 e. The smallest absolute Gasteiger partial charge is 0.305 e. The first-order chi connectivity index (χ1) is 11.6. The predicted octanol–water partition coefficient (Wildman–Crippen LogP) is 1.93. The Bertz CT molecular complexity index is 335. The van der Waals surface area contributed by atoms with E-state index in [4.69, 9.17) is 9.47 Å². The average Bonchev–Trinajstić information content (AvgIpc) is 2.90. The van der Waals surface area contributed by atoms with Gasteiger partial charge in [-0.1, -0.05) is 58.3 Å². The molecular weight excluding hydrogens is 312 g/mol. The Morgan fingerprint density at radius 2 is 1.67 bits per heavy atom. The molecule has 0 aromatic rings. The summed E-state index contributed by atoms with van der Waals surface area (Å²) in [4.78, 5) is 11.6. The maximum absolute atomic E-state index is 11.6. The Morgan fingerprint density at radius 3 is 2.21 bits per heavy atom. The Morgan fingerprint density at radius 1 is 1.08 bits per heavy atom. The number of hydrogen-bond acceptors (Lipinski definition) is 6. The van der Waals surface area contributed by atoms with Crippen molar-refractivity contribution in [3.8, 4) is 0 Å². The minimum absolute atomic E-state index is 0.0186. The number of esters is 1. The standard InChI is InChI=1S/C18H34O6/c1-2-3-4-5-6-7-8-9-10-11-16(21)23-13-15(20)18-17(22)14(19)12-24-18/h14-15,17-20,22H,2-13H2,1H3. The molecule has 142 valence electrons. The second kappa shape index (κ2) is 12.6. The van der Waals surface area contributed by atoms with E-state index < -0.39 is 24.4 Å². The fraction of sp³-hybridized carbons (Fsp3) is 0.944. The van der Waals surface area contributed by atoms with Crippen LogP contribution in [-0.2, 0) is 14.3 Å². The zero-order chi connectivity index (χ0) is 17.8. The summed E-state index contributed by atoms with van der Waals surface area (Å²) >= 11 is 0. The van der Waals surface area contributed by atoms with Crippen LogP contribution >= 0.6 is 0 Å². The Labute approximate surface area is 145 Å². The van der Waals surface area contributed by atoms with Crippen LogP contribution in [-0.4, -0.2) is 58.9 Å². The first kappa shape index (κ1) is 21.4. The lowest BCUT2D eigenvalue weighted by molar-refractivity contribution is -0.151. The molecule has 4 unspecified atom stereocenters. The van der Waals surface area contributed by atoms with Gasteiger partial charge in [0.05, 0.1) is 6.61 Å². The molecule has 0 aromatic heterocycles. The molecule has 0 saturated carbocycles. The molecule has 1 aliphatic heterocycles. The molecular formula is C18H34O6. The highest BCUT2D eigenvalue weighted by Crippen LogP contribution is 2.18. The molecule has 1 saturated heterocycles. The van der Waals surface area contributed by atoms with Crippen LogP contribution in [0.2, 0.25) is 0 Å². The largest absolute Gasteiger partial charge is 0.463 e. The van der Waals surface area contributed by atoms with Crippen LogP contribution in [0.15, 0.2) is 0 Å². The summed E-state index contributed by atoms with van der Waals surface area (Å²) in [6.45, 7) is 1.98. The van der Waals surface area contributed by atoms with Gasteiger partial charge in [0.15, 0.2) is 0 Å². The van der Waals surface area contributed by atoms with E-state index in [1.165, 1.54) is 38.5 Å². The topological polar surface area (TPSA) is 96.2 Å². The van der Waals surface area contributed by atoms with Gasteiger partial charge in [0.1, 0.15) is 31.0 Å². The maximum atomic E-state index is 11.6. The minimum Gasteiger partial charge on any atom is -0.463 e. The molecule has 1 fully saturated rings. The highest BCUT2D eigenvalue weighted by Gasteiger charge is 2.39. The van der Waals surface area contributed by atoms with Crippen molar-refractivity contribution in [2.24, 2.45) is 0 Å². The van der Waals surface area contributed by atoms with Gasteiger partial charge in [-0.3, -0.25) is 4.79 Å². The number of ether oxygens (including phenoxy) is 2. The second-order valence-corrected chi connectivity index (χ2v) is 6.68. The normalized spacial score (nSPS) is 24.9. The number of unbranched alkanes of at least 4 members (excludes halogenated alkanes) is 8. The third-order valence-electron chi connectivity index (χ3n) is 4.47. The highest BCUT2D eigenvalue weighted by molar-refractivity contribution is 5.69. The van der Waals surface area contributed by atoms with Gasteiger partial charge < -0.3 is 24.8 Å². The van der Waals surface area contributed by atoms with Crippen LogP contribution in [0.3, 0.4) is 0 Å². The van der Waals surface area contributed by atoms with Crippen LogP contribution in [0.4, 0.5) is 0 Å². The van der Waals surface area contributed by atoms with E-state index >= 15 is 0 Å². The molecule has 24 heavy (non-hydrogen) atoms. The predicted molar refractivity (Wildman–Crippen MR) is 90.6 cm³/mol. The summed E-state index contributed by atoms with van der Waals surface area (Å²) < 4.78 is 10.1. The van der Waals surface area contributed by atoms with Crippen molar-refractivity contribution in [3.05, 3.63) is 0 Å². The highest BCUT2D eigenvalue weighted by atomic mass is 16.6. The van der Waals surface area contributed by atoms with Crippen molar-refractivity contribution in [2.45, 2.75) is 95.5 Å². The zero-order valence-electron chi connectivity index (χ0n) is 14.9. The van der Waals surface area contributed by atoms with E-state index in [2.05, 4.69) is 6.92 Å². The quantitative estimate of drug-likeness (QED) is 0.348. The van der Waals surface area contributed by atoms with E-state index in [1.807, 2.05) is 0 Å². The molecule has 0 aliphatic carbocycles. The zero-order valence-corrected chi connectivity index (χ0v) is 14.9. The number of aliphatic hydroxyl groups excluding tert-OH is 3. The number of hydrogen-bond donors (Lipinski definition) is 3. The summed E-state index contributed by atoms with van der Waals surface area (Å²) in [6, 6.07) is 0. The lowest BCUT2D eigenvalue weighted by Crippen LogP contribution is -2.41.